The second kappa shape index (κ2) is 21.6. The molecule has 2 fully saturated rings. The van der Waals surface area contributed by atoms with Gasteiger partial charge in [0.25, 0.3) is 0 Å². The Labute approximate surface area is 265 Å². The zero-order chi connectivity index (χ0) is 29.7. The van der Waals surface area contributed by atoms with Crippen molar-refractivity contribution in [2.75, 3.05) is 13.2 Å². The maximum Gasteiger partial charge on any atom is 0.344 e. The fourth-order valence-corrected chi connectivity index (χ4v) is 4.63. The van der Waals surface area contributed by atoms with Crippen LogP contribution in [0.2, 0.25) is 0 Å². The maximum atomic E-state index is 11.9. The molecule has 0 heterocycles. The fourth-order valence-electron chi connectivity index (χ4n) is 4.63. The number of hydrogen-bond donors (Lipinski definition) is 0. The lowest BCUT2D eigenvalue weighted by molar-refractivity contribution is -0.176. The molecule has 0 spiro atoms. The van der Waals surface area contributed by atoms with Crippen molar-refractivity contribution >= 4 is 23.9 Å². The number of carbonyl (C=O) groups excluding carboxylic acids is 4. The molecule has 0 N–H and O–H groups in total. The van der Waals surface area contributed by atoms with E-state index < -0.39 is 22.8 Å². The zero-order valence-electron chi connectivity index (χ0n) is 25.9. The molecule has 0 radical (unpaired) electrons. The molecule has 0 atom stereocenters. The zero-order valence-corrected chi connectivity index (χ0v) is 25.9. The molecule has 0 bridgehead atoms. The molecule has 258 valence electrons. The summed E-state index contributed by atoms with van der Waals surface area (Å²) in [6.45, 7) is 14.5. The minimum atomic E-state index is -0.548. The van der Waals surface area contributed by atoms with Crippen LogP contribution in [0.4, 0.5) is 0 Å². The van der Waals surface area contributed by atoms with Crippen molar-refractivity contribution in [1.29, 1.82) is 0 Å². The molecule has 2 aliphatic carbocycles. The first-order chi connectivity index (χ1) is 18.1. The van der Waals surface area contributed by atoms with Gasteiger partial charge in [-0.15, -0.1) is 0 Å². The Bertz CT molecular complexity index is 803. The van der Waals surface area contributed by atoms with E-state index >= 15 is 0 Å². The summed E-state index contributed by atoms with van der Waals surface area (Å²) < 4.78 is 21.2. The molecule has 8 nitrogen and oxygen atoms in total. The maximum absolute atomic E-state index is 11.9. The SMILES string of the molecule is C.C.C.C.CCC(C)(C)C(=O)OCC(=O)OC1(C)CCCCC1.CCC1(OC(=O)COC(=O)C(C)(C)CC)CCCCC1. The van der Waals surface area contributed by atoms with Crippen LogP contribution in [0.1, 0.15) is 169 Å². The van der Waals surface area contributed by atoms with E-state index in [0.717, 1.165) is 57.8 Å². The number of ether oxygens (including phenoxy) is 4. The van der Waals surface area contributed by atoms with Crippen LogP contribution in [0, 0.1) is 10.8 Å². The van der Waals surface area contributed by atoms with Crippen LogP contribution in [-0.2, 0) is 38.1 Å². The average Bonchev–Trinajstić information content (AvgIpc) is 2.91. The van der Waals surface area contributed by atoms with Crippen LogP contribution in [0.3, 0.4) is 0 Å². The summed E-state index contributed by atoms with van der Waals surface area (Å²) in [6.07, 6.45) is 12.6. The molecule has 0 aliphatic heterocycles. The van der Waals surface area contributed by atoms with Crippen molar-refractivity contribution in [1.82, 2.24) is 0 Å². The summed E-state index contributed by atoms with van der Waals surface area (Å²) in [5.41, 5.74) is -1.80. The normalized spacial score (nSPS) is 16.8. The summed E-state index contributed by atoms with van der Waals surface area (Å²) in [6, 6.07) is 0. The van der Waals surface area contributed by atoms with Gasteiger partial charge in [0, 0.05) is 0 Å². The second-order valence-corrected chi connectivity index (χ2v) is 12.7. The van der Waals surface area contributed by atoms with Crippen LogP contribution >= 0.6 is 0 Å². The van der Waals surface area contributed by atoms with Crippen LogP contribution < -0.4 is 0 Å². The predicted octanol–water partition coefficient (Wildman–Crippen LogP) is 9.40. The molecular weight excluding hydrogens is 548 g/mol. The lowest BCUT2D eigenvalue weighted by Crippen LogP contribution is -2.38. The minimum absolute atomic E-state index is 0. The Morgan fingerprint density at radius 2 is 0.930 bits per heavy atom. The molecule has 43 heavy (non-hydrogen) atoms. The Balaban J connectivity index is -0.000000324. The van der Waals surface area contributed by atoms with Crippen LogP contribution in [-0.4, -0.2) is 48.3 Å². The van der Waals surface area contributed by atoms with Gasteiger partial charge in [0.05, 0.1) is 10.8 Å². The van der Waals surface area contributed by atoms with Crippen LogP contribution in [0.25, 0.3) is 0 Å². The average molecular weight is 619 g/mol. The first kappa shape index (κ1) is 47.8. The van der Waals surface area contributed by atoms with Gasteiger partial charge in [-0.2, -0.15) is 0 Å². The highest BCUT2D eigenvalue weighted by Gasteiger charge is 2.35. The van der Waals surface area contributed by atoms with Crippen LogP contribution in [0.5, 0.6) is 0 Å². The van der Waals surface area contributed by atoms with E-state index in [1.54, 1.807) is 0 Å². The topological polar surface area (TPSA) is 105 Å². The van der Waals surface area contributed by atoms with E-state index in [0.29, 0.717) is 12.8 Å². The molecule has 0 aromatic heterocycles. The Morgan fingerprint density at radius 3 is 1.28 bits per heavy atom. The van der Waals surface area contributed by atoms with Gasteiger partial charge in [-0.05, 0) is 105 Å². The van der Waals surface area contributed by atoms with E-state index in [1.807, 2.05) is 55.4 Å². The molecular formula is C35H70O8. The van der Waals surface area contributed by atoms with E-state index in [2.05, 4.69) is 0 Å². The third kappa shape index (κ3) is 16.5. The quantitative estimate of drug-likeness (QED) is 0.167. The molecule has 0 saturated heterocycles. The largest absolute Gasteiger partial charge is 0.457 e. The Hall–Kier alpha value is -2.12. The van der Waals surface area contributed by atoms with E-state index in [-0.39, 0.29) is 66.1 Å². The molecule has 0 amide bonds. The first-order valence-corrected chi connectivity index (χ1v) is 14.9. The van der Waals surface area contributed by atoms with Gasteiger partial charge >= 0.3 is 23.9 Å². The minimum Gasteiger partial charge on any atom is -0.457 e. The number of hydrogen-bond acceptors (Lipinski definition) is 8. The van der Waals surface area contributed by atoms with E-state index in [9.17, 15) is 19.2 Å². The van der Waals surface area contributed by atoms with Gasteiger partial charge in [-0.3, -0.25) is 9.59 Å². The van der Waals surface area contributed by atoms with Crippen molar-refractivity contribution in [3.63, 3.8) is 0 Å². The molecule has 2 saturated carbocycles. The van der Waals surface area contributed by atoms with Gasteiger partial charge < -0.3 is 18.9 Å². The molecule has 2 aliphatic rings. The summed E-state index contributed by atoms with van der Waals surface area (Å²) in [7, 11) is 0. The van der Waals surface area contributed by atoms with E-state index in [1.165, 1.54) is 12.8 Å². The van der Waals surface area contributed by atoms with Gasteiger partial charge in [0.2, 0.25) is 0 Å². The molecule has 8 heteroatoms. The molecule has 0 aromatic carbocycles. The Morgan fingerprint density at radius 1 is 0.581 bits per heavy atom. The monoisotopic (exact) mass is 619 g/mol. The third-order valence-corrected chi connectivity index (χ3v) is 8.53. The fraction of sp³-hybridized carbons (Fsp3) is 0.886. The highest BCUT2D eigenvalue weighted by atomic mass is 16.6. The number of esters is 4. The predicted molar refractivity (Wildman–Crippen MR) is 177 cm³/mol. The lowest BCUT2D eigenvalue weighted by atomic mass is 9.83. The summed E-state index contributed by atoms with van der Waals surface area (Å²) in [4.78, 5) is 47.2. The summed E-state index contributed by atoms with van der Waals surface area (Å²) in [5, 5.41) is 0. The van der Waals surface area contributed by atoms with Crippen molar-refractivity contribution < 1.29 is 38.1 Å². The summed E-state index contributed by atoms with van der Waals surface area (Å²) >= 11 is 0. The highest BCUT2D eigenvalue weighted by molar-refractivity contribution is 5.80. The number of carbonyl (C=O) groups is 4. The first-order valence-electron chi connectivity index (χ1n) is 14.9. The number of rotatable bonds is 11. The van der Waals surface area contributed by atoms with Gasteiger partial charge in [0.1, 0.15) is 11.2 Å². The third-order valence-electron chi connectivity index (χ3n) is 8.53. The standard InChI is InChI=1S/C16H28O4.C15H26O4.4CH4/c1-5-15(3,4)14(18)19-12-13(17)20-16(6-2)10-8-7-9-11-16;1-5-14(2,3)13(17)18-11-12(16)19-15(4)9-7-6-8-10-15;;;;/h5-12H2,1-4H3;5-11H2,1-4H3;4*1H4. The summed E-state index contributed by atoms with van der Waals surface area (Å²) in [5.74, 6) is -1.55. The van der Waals surface area contributed by atoms with Gasteiger partial charge in [0.15, 0.2) is 13.2 Å². The highest BCUT2D eigenvalue weighted by Crippen LogP contribution is 2.34. The van der Waals surface area contributed by atoms with Crippen LogP contribution in [0.15, 0.2) is 0 Å². The van der Waals surface area contributed by atoms with Crippen molar-refractivity contribution in [2.45, 2.75) is 180 Å². The van der Waals surface area contributed by atoms with Crippen molar-refractivity contribution in [3.8, 4) is 0 Å². The molecule has 2 rings (SSSR count). The van der Waals surface area contributed by atoms with Gasteiger partial charge in [-0.25, -0.2) is 9.59 Å². The smallest absolute Gasteiger partial charge is 0.344 e. The van der Waals surface area contributed by atoms with Crippen molar-refractivity contribution in [2.24, 2.45) is 10.8 Å². The second-order valence-electron chi connectivity index (χ2n) is 12.7. The Kier molecular flexibility index (Phi) is 24.0. The molecule has 0 unspecified atom stereocenters. The van der Waals surface area contributed by atoms with E-state index in [4.69, 9.17) is 18.9 Å². The molecule has 0 aromatic rings. The van der Waals surface area contributed by atoms with Crippen molar-refractivity contribution in [3.05, 3.63) is 0 Å². The van der Waals surface area contributed by atoms with Gasteiger partial charge in [-0.1, -0.05) is 63.3 Å². The lowest BCUT2D eigenvalue weighted by Gasteiger charge is -2.36.